The lowest BCUT2D eigenvalue weighted by Gasteiger charge is -2.21. The van der Waals surface area contributed by atoms with Gasteiger partial charge in [0.05, 0.1) is 17.8 Å². The number of carbonyl (C=O) groups excluding carboxylic acids is 1. The Morgan fingerprint density at radius 2 is 2.47 bits per heavy atom. The van der Waals surface area contributed by atoms with E-state index in [2.05, 4.69) is 15.6 Å². The number of carbonyl (C=O) groups is 1. The normalized spacial score (nSPS) is 20.0. The minimum atomic E-state index is 0.0553. The molecule has 0 unspecified atom stereocenters. The van der Waals surface area contributed by atoms with Crippen LogP contribution in [-0.4, -0.2) is 24.0 Å². The second-order valence-corrected chi connectivity index (χ2v) is 4.72. The van der Waals surface area contributed by atoms with Crippen LogP contribution in [0.15, 0.2) is 12.3 Å². The first-order chi connectivity index (χ1) is 8.16. The van der Waals surface area contributed by atoms with Crippen molar-refractivity contribution in [1.82, 2.24) is 10.3 Å². The molecule has 0 aromatic carbocycles. The molecule has 1 fully saturated rings. The maximum absolute atomic E-state index is 12.0. The number of pyridine rings is 1. The monoisotopic (exact) mass is 253 g/mol. The topological polar surface area (TPSA) is 54.0 Å². The lowest BCUT2D eigenvalue weighted by atomic mass is 9.99. The molecule has 0 aliphatic carbocycles. The highest BCUT2D eigenvalue weighted by Gasteiger charge is 2.20. The first kappa shape index (κ1) is 12.3. The van der Waals surface area contributed by atoms with Gasteiger partial charge >= 0.3 is 0 Å². The summed E-state index contributed by atoms with van der Waals surface area (Å²) in [5.41, 5.74) is 1.58. The quantitative estimate of drug-likeness (QED) is 0.793. The van der Waals surface area contributed by atoms with Gasteiger partial charge in [-0.3, -0.25) is 4.79 Å². The van der Waals surface area contributed by atoms with Crippen molar-refractivity contribution in [3.05, 3.63) is 23.0 Å². The van der Waals surface area contributed by atoms with E-state index in [0.717, 1.165) is 31.5 Å². The van der Waals surface area contributed by atoms with Gasteiger partial charge in [-0.05, 0) is 37.9 Å². The smallest absolute Gasteiger partial charge is 0.228 e. The van der Waals surface area contributed by atoms with Gasteiger partial charge in [0, 0.05) is 6.54 Å². The number of amides is 1. The molecule has 0 bridgehead atoms. The van der Waals surface area contributed by atoms with E-state index in [4.69, 9.17) is 11.6 Å². The summed E-state index contributed by atoms with van der Waals surface area (Å²) < 4.78 is 0. The summed E-state index contributed by atoms with van der Waals surface area (Å²) in [7, 11) is 0. The first-order valence-electron chi connectivity index (χ1n) is 5.80. The average Bonchev–Trinajstić information content (AvgIpc) is 2.35. The number of halogens is 1. The number of aryl methyl sites for hydroxylation is 1. The summed E-state index contributed by atoms with van der Waals surface area (Å²) in [4.78, 5) is 16.0. The third kappa shape index (κ3) is 3.17. The largest absolute Gasteiger partial charge is 0.324 e. The van der Waals surface area contributed by atoms with E-state index in [0.29, 0.717) is 10.8 Å². The molecule has 5 heteroatoms. The number of anilines is 1. The summed E-state index contributed by atoms with van der Waals surface area (Å²) in [6.45, 7) is 3.63. The lowest BCUT2D eigenvalue weighted by Crippen LogP contribution is -2.37. The molecule has 0 radical (unpaired) electrons. The standard InChI is InChI=1S/C12H16ClN3O/c1-8-5-10(7-15-11(8)13)16-12(17)9-3-2-4-14-6-9/h5,7,9,14H,2-4,6H2,1H3,(H,16,17)/t9-/m0/s1. The van der Waals surface area contributed by atoms with Crippen molar-refractivity contribution in [1.29, 1.82) is 0 Å². The van der Waals surface area contributed by atoms with Crippen LogP contribution >= 0.6 is 11.6 Å². The molecule has 17 heavy (non-hydrogen) atoms. The third-order valence-corrected chi connectivity index (χ3v) is 3.35. The lowest BCUT2D eigenvalue weighted by molar-refractivity contribution is -0.120. The molecular weight excluding hydrogens is 238 g/mol. The number of aromatic nitrogens is 1. The summed E-state index contributed by atoms with van der Waals surface area (Å²) >= 11 is 5.83. The van der Waals surface area contributed by atoms with Crippen LogP contribution in [-0.2, 0) is 4.79 Å². The number of rotatable bonds is 2. The zero-order valence-corrected chi connectivity index (χ0v) is 10.5. The summed E-state index contributed by atoms with van der Waals surface area (Å²) in [6.07, 6.45) is 3.58. The fourth-order valence-electron chi connectivity index (χ4n) is 1.95. The summed E-state index contributed by atoms with van der Waals surface area (Å²) in [5, 5.41) is 6.58. The molecule has 4 nitrogen and oxygen atoms in total. The van der Waals surface area contributed by atoms with E-state index in [-0.39, 0.29) is 11.8 Å². The van der Waals surface area contributed by atoms with E-state index in [1.807, 2.05) is 13.0 Å². The highest BCUT2D eigenvalue weighted by atomic mass is 35.5. The van der Waals surface area contributed by atoms with Crippen molar-refractivity contribution in [3.8, 4) is 0 Å². The van der Waals surface area contributed by atoms with Gasteiger partial charge in [0.15, 0.2) is 0 Å². The van der Waals surface area contributed by atoms with Crippen molar-refractivity contribution in [2.45, 2.75) is 19.8 Å². The van der Waals surface area contributed by atoms with Gasteiger partial charge in [0.25, 0.3) is 0 Å². The molecule has 1 saturated heterocycles. The van der Waals surface area contributed by atoms with Crippen LogP contribution < -0.4 is 10.6 Å². The van der Waals surface area contributed by atoms with Gasteiger partial charge in [-0.1, -0.05) is 11.6 Å². The van der Waals surface area contributed by atoms with Crippen molar-refractivity contribution >= 4 is 23.2 Å². The minimum absolute atomic E-state index is 0.0553. The molecule has 2 rings (SSSR count). The molecule has 0 saturated carbocycles. The molecule has 1 aliphatic heterocycles. The van der Waals surface area contributed by atoms with Crippen molar-refractivity contribution in [2.24, 2.45) is 5.92 Å². The van der Waals surface area contributed by atoms with E-state index < -0.39 is 0 Å². The maximum atomic E-state index is 12.0. The highest BCUT2D eigenvalue weighted by Crippen LogP contribution is 2.18. The van der Waals surface area contributed by atoms with E-state index >= 15 is 0 Å². The number of piperidine rings is 1. The molecule has 1 amide bonds. The SMILES string of the molecule is Cc1cc(NC(=O)[C@H]2CCCNC2)cnc1Cl. The average molecular weight is 254 g/mol. The van der Waals surface area contributed by atoms with Crippen LogP contribution in [0.3, 0.4) is 0 Å². The molecule has 92 valence electrons. The fraction of sp³-hybridized carbons (Fsp3) is 0.500. The maximum Gasteiger partial charge on any atom is 0.228 e. The van der Waals surface area contributed by atoms with Gasteiger partial charge in [0.2, 0.25) is 5.91 Å². The van der Waals surface area contributed by atoms with Gasteiger partial charge in [0.1, 0.15) is 5.15 Å². The van der Waals surface area contributed by atoms with E-state index in [1.165, 1.54) is 0 Å². The van der Waals surface area contributed by atoms with Crippen LogP contribution in [0, 0.1) is 12.8 Å². The molecule has 1 atom stereocenters. The van der Waals surface area contributed by atoms with Crippen molar-refractivity contribution in [2.75, 3.05) is 18.4 Å². The fourth-order valence-corrected chi connectivity index (χ4v) is 2.05. The van der Waals surface area contributed by atoms with E-state index in [9.17, 15) is 4.79 Å². The van der Waals surface area contributed by atoms with E-state index in [1.54, 1.807) is 6.20 Å². The van der Waals surface area contributed by atoms with Crippen molar-refractivity contribution in [3.63, 3.8) is 0 Å². The second kappa shape index (κ2) is 5.47. The summed E-state index contributed by atoms with van der Waals surface area (Å²) in [6, 6.07) is 1.84. The number of hydrogen-bond donors (Lipinski definition) is 2. The zero-order chi connectivity index (χ0) is 12.3. The molecule has 2 N–H and O–H groups in total. The Morgan fingerprint density at radius 1 is 1.65 bits per heavy atom. The van der Waals surface area contributed by atoms with Crippen LogP contribution in [0.1, 0.15) is 18.4 Å². The predicted molar refractivity (Wildman–Crippen MR) is 68.2 cm³/mol. The Morgan fingerprint density at radius 3 is 3.12 bits per heavy atom. The Balaban J connectivity index is 1.99. The molecular formula is C12H16ClN3O. The molecule has 2 heterocycles. The van der Waals surface area contributed by atoms with Crippen LogP contribution in [0.2, 0.25) is 5.15 Å². The predicted octanol–water partition coefficient (Wildman–Crippen LogP) is 1.98. The highest BCUT2D eigenvalue weighted by molar-refractivity contribution is 6.30. The number of hydrogen-bond acceptors (Lipinski definition) is 3. The molecule has 1 aromatic heterocycles. The van der Waals surface area contributed by atoms with Gasteiger partial charge in [-0.15, -0.1) is 0 Å². The number of nitrogens with one attached hydrogen (secondary N) is 2. The third-order valence-electron chi connectivity index (χ3n) is 2.95. The first-order valence-corrected chi connectivity index (χ1v) is 6.18. The summed E-state index contributed by atoms with van der Waals surface area (Å²) in [5.74, 6) is 0.112. The Labute approximate surface area is 106 Å². The van der Waals surface area contributed by atoms with Crippen molar-refractivity contribution < 1.29 is 4.79 Å². The second-order valence-electron chi connectivity index (χ2n) is 4.36. The van der Waals surface area contributed by atoms with Gasteiger partial charge in [-0.25, -0.2) is 4.98 Å². The van der Waals surface area contributed by atoms with Crippen LogP contribution in [0.25, 0.3) is 0 Å². The Bertz CT molecular complexity index is 416. The minimum Gasteiger partial charge on any atom is -0.324 e. The Kier molecular flexibility index (Phi) is 3.97. The number of nitrogens with zero attached hydrogens (tertiary/aromatic N) is 1. The molecule has 1 aliphatic rings. The molecule has 0 spiro atoms. The Hall–Kier alpha value is -1.13. The van der Waals surface area contributed by atoms with Crippen LogP contribution in [0.4, 0.5) is 5.69 Å². The zero-order valence-electron chi connectivity index (χ0n) is 9.79. The van der Waals surface area contributed by atoms with Gasteiger partial charge < -0.3 is 10.6 Å². The molecule has 1 aromatic rings. The van der Waals surface area contributed by atoms with Crippen LogP contribution in [0.5, 0.6) is 0 Å². The van der Waals surface area contributed by atoms with Gasteiger partial charge in [-0.2, -0.15) is 0 Å².